The van der Waals surface area contributed by atoms with Crippen LogP contribution in [0.1, 0.15) is 32.1 Å². The predicted molar refractivity (Wildman–Crippen MR) is 79.0 cm³/mol. The van der Waals surface area contributed by atoms with Crippen molar-refractivity contribution in [2.24, 2.45) is 5.92 Å². The maximum Gasteiger partial charge on any atom is 0.308 e. The largest absolute Gasteiger partial charge is 0.481 e. The quantitative estimate of drug-likeness (QED) is 0.843. The molecule has 2 atom stereocenters. The molecule has 1 aliphatic rings. The van der Waals surface area contributed by atoms with Crippen LogP contribution < -0.4 is 5.32 Å². The normalized spacial score (nSPS) is 22.7. The zero-order valence-corrected chi connectivity index (χ0v) is 11.7. The third kappa shape index (κ3) is 3.09. The SMILES string of the molecule is O=C(O)C1CCCCCC1Nc1ccc2nccnc2n1. The van der Waals surface area contributed by atoms with Crippen molar-refractivity contribution in [3.8, 4) is 0 Å². The Labute approximate surface area is 122 Å². The van der Waals surface area contributed by atoms with E-state index in [4.69, 9.17) is 0 Å². The van der Waals surface area contributed by atoms with Crippen LogP contribution in [-0.2, 0) is 4.79 Å². The number of fused-ring (bicyclic) bond motifs is 1. The van der Waals surface area contributed by atoms with Crippen LogP contribution in [-0.4, -0.2) is 32.1 Å². The first-order valence-electron chi connectivity index (χ1n) is 7.31. The van der Waals surface area contributed by atoms with E-state index in [0.29, 0.717) is 11.5 Å². The minimum absolute atomic E-state index is 0.0772. The van der Waals surface area contributed by atoms with Gasteiger partial charge in [0.25, 0.3) is 0 Å². The Bertz CT molecular complexity index is 646. The van der Waals surface area contributed by atoms with Crippen LogP contribution in [0, 0.1) is 5.92 Å². The summed E-state index contributed by atoms with van der Waals surface area (Å²) < 4.78 is 0. The molecule has 110 valence electrons. The van der Waals surface area contributed by atoms with E-state index < -0.39 is 5.97 Å². The molecule has 1 saturated carbocycles. The number of carboxylic acids is 1. The Balaban J connectivity index is 1.83. The van der Waals surface area contributed by atoms with Gasteiger partial charge in [-0.25, -0.2) is 9.97 Å². The number of carbonyl (C=O) groups is 1. The lowest BCUT2D eigenvalue weighted by Gasteiger charge is -2.23. The Morgan fingerprint density at radius 2 is 1.95 bits per heavy atom. The first kappa shape index (κ1) is 13.7. The number of aromatic nitrogens is 3. The summed E-state index contributed by atoms with van der Waals surface area (Å²) in [5.74, 6) is -0.414. The number of nitrogens with zero attached hydrogens (tertiary/aromatic N) is 3. The number of hydrogen-bond acceptors (Lipinski definition) is 5. The van der Waals surface area contributed by atoms with Gasteiger partial charge < -0.3 is 10.4 Å². The van der Waals surface area contributed by atoms with Gasteiger partial charge in [-0.1, -0.05) is 19.3 Å². The van der Waals surface area contributed by atoms with Crippen LogP contribution in [0.15, 0.2) is 24.5 Å². The van der Waals surface area contributed by atoms with E-state index in [1.54, 1.807) is 12.4 Å². The average molecular weight is 286 g/mol. The van der Waals surface area contributed by atoms with Gasteiger partial charge in [-0.15, -0.1) is 0 Å². The molecular formula is C15H18N4O2. The molecule has 2 aromatic rings. The van der Waals surface area contributed by atoms with Crippen molar-refractivity contribution in [1.29, 1.82) is 0 Å². The Morgan fingerprint density at radius 1 is 1.14 bits per heavy atom. The summed E-state index contributed by atoms with van der Waals surface area (Å²) in [5.41, 5.74) is 1.31. The molecular weight excluding hydrogens is 268 g/mol. The molecule has 3 rings (SSSR count). The van der Waals surface area contributed by atoms with Crippen molar-refractivity contribution in [3.05, 3.63) is 24.5 Å². The van der Waals surface area contributed by atoms with Gasteiger partial charge in [-0.05, 0) is 25.0 Å². The molecule has 0 aromatic carbocycles. The van der Waals surface area contributed by atoms with E-state index in [0.717, 1.165) is 37.6 Å². The summed E-state index contributed by atoms with van der Waals surface area (Å²) in [7, 11) is 0. The lowest BCUT2D eigenvalue weighted by atomic mass is 9.95. The highest BCUT2D eigenvalue weighted by Gasteiger charge is 2.29. The molecule has 6 nitrogen and oxygen atoms in total. The molecule has 0 amide bonds. The summed E-state index contributed by atoms with van der Waals surface area (Å²) in [5, 5.41) is 12.7. The van der Waals surface area contributed by atoms with Crippen molar-refractivity contribution < 1.29 is 9.90 Å². The number of aliphatic carboxylic acids is 1. The summed E-state index contributed by atoms with van der Waals surface area (Å²) in [6.45, 7) is 0. The first-order chi connectivity index (χ1) is 10.2. The molecule has 2 heterocycles. The first-order valence-corrected chi connectivity index (χ1v) is 7.31. The molecule has 0 aliphatic heterocycles. The van der Waals surface area contributed by atoms with Gasteiger partial charge >= 0.3 is 5.97 Å². The molecule has 1 aliphatic carbocycles. The number of anilines is 1. The second-order valence-electron chi connectivity index (χ2n) is 5.43. The maximum atomic E-state index is 11.4. The second-order valence-corrected chi connectivity index (χ2v) is 5.43. The van der Waals surface area contributed by atoms with Crippen LogP contribution in [0.3, 0.4) is 0 Å². The molecule has 2 unspecified atom stereocenters. The zero-order valence-electron chi connectivity index (χ0n) is 11.7. The summed E-state index contributed by atoms with van der Waals surface area (Å²) in [6, 6.07) is 3.61. The summed E-state index contributed by atoms with van der Waals surface area (Å²) in [6.07, 6.45) is 7.93. The van der Waals surface area contributed by atoms with Crippen molar-refractivity contribution >= 4 is 23.0 Å². The third-order valence-corrected chi connectivity index (χ3v) is 4.00. The summed E-state index contributed by atoms with van der Waals surface area (Å²) >= 11 is 0. The van der Waals surface area contributed by atoms with E-state index >= 15 is 0 Å². The number of rotatable bonds is 3. The minimum Gasteiger partial charge on any atom is -0.481 e. The van der Waals surface area contributed by atoms with Crippen LogP contribution >= 0.6 is 0 Å². The van der Waals surface area contributed by atoms with Gasteiger partial charge in [0.05, 0.1) is 5.92 Å². The van der Waals surface area contributed by atoms with E-state index in [2.05, 4.69) is 20.3 Å². The van der Waals surface area contributed by atoms with Crippen LogP contribution in [0.5, 0.6) is 0 Å². The van der Waals surface area contributed by atoms with E-state index in [1.807, 2.05) is 12.1 Å². The Kier molecular flexibility index (Phi) is 3.94. The Hall–Kier alpha value is -2.24. The molecule has 1 fully saturated rings. The highest BCUT2D eigenvalue weighted by molar-refractivity contribution is 5.73. The molecule has 2 N–H and O–H groups in total. The monoisotopic (exact) mass is 286 g/mol. The van der Waals surface area contributed by atoms with Crippen molar-refractivity contribution in [2.45, 2.75) is 38.1 Å². The van der Waals surface area contributed by atoms with Crippen LogP contribution in [0.2, 0.25) is 0 Å². The van der Waals surface area contributed by atoms with Crippen LogP contribution in [0.25, 0.3) is 11.2 Å². The van der Waals surface area contributed by atoms with Gasteiger partial charge in [-0.2, -0.15) is 0 Å². The van der Waals surface area contributed by atoms with Gasteiger partial charge in [0.1, 0.15) is 11.3 Å². The van der Waals surface area contributed by atoms with Gasteiger partial charge in [0, 0.05) is 18.4 Å². The van der Waals surface area contributed by atoms with Crippen molar-refractivity contribution in [1.82, 2.24) is 15.0 Å². The lowest BCUT2D eigenvalue weighted by Crippen LogP contribution is -2.34. The Morgan fingerprint density at radius 3 is 2.81 bits per heavy atom. The maximum absolute atomic E-state index is 11.4. The number of nitrogens with one attached hydrogen (secondary N) is 1. The molecule has 0 saturated heterocycles. The van der Waals surface area contributed by atoms with E-state index in [1.165, 1.54) is 0 Å². The van der Waals surface area contributed by atoms with Gasteiger partial charge in [0.15, 0.2) is 5.65 Å². The summed E-state index contributed by atoms with van der Waals surface area (Å²) in [4.78, 5) is 24.2. The standard InChI is InChI=1S/C15H18N4O2/c20-15(21)10-4-2-1-3-5-11(10)18-13-7-6-12-14(19-13)17-9-8-16-12/h6-11H,1-5H2,(H,20,21)(H,17,18,19). The van der Waals surface area contributed by atoms with E-state index in [-0.39, 0.29) is 12.0 Å². The topological polar surface area (TPSA) is 88.0 Å². The predicted octanol–water partition coefficient (Wildman–Crippen LogP) is 2.47. The highest BCUT2D eigenvalue weighted by atomic mass is 16.4. The number of carboxylic acid groups (broad SMARTS) is 1. The van der Waals surface area contributed by atoms with Crippen LogP contribution in [0.4, 0.5) is 5.82 Å². The molecule has 6 heteroatoms. The molecule has 0 bridgehead atoms. The second kappa shape index (κ2) is 6.03. The fourth-order valence-electron chi connectivity index (χ4n) is 2.90. The molecule has 0 radical (unpaired) electrons. The third-order valence-electron chi connectivity index (χ3n) is 4.00. The van der Waals surface area contributed by atoms with Crippen molar-refractivity contribution in [3.63, 3.8) is 0 Å². The van der Waals surface area contributed by atoms with Gasteiger partial charge in [-0.3, -0.25) is 9.78 Å². The van der Waals surface area contributed by atoms with Crippen molar-refractivity contribution in [2.75, 3.05) is 5.32 Å². The fraction of sp³-hybridized carbons (Fsp3) is 0.467. The molecule has 2 aromatic heterocycles. The van der Waals surface area contributed by atoms with E-state index in [9.17, 15) is 9.90 Å². The smallest absolute Gasteiger partial charge is 0.308 e. The fourth-order valence-corrected chi connectivity index (χ4v) is 2.90. The van der Waals surface area contributed by atoms with Gasteiger partial charge in [0.2, 0.25) is 0 Å². The minimum atomic E-state index is -0.727. The average Bonchev–Trinajstić information content (AvgIpc) is 2.72. The molecule has 0 spiro atoms. The number of pyridine rings is 1. The number of hydrogen-bond donors (Lipinski definition) is 2. The highest BCUT2D eigenvalue weighted by Crippen LogP contribution is 2.26. The molecule has 21 heavy (non-hydrogen) atoms. The zero-order chi connectivity index (χ0) is 14.7. The lowest BCUT2D eigenvalue weighted by molar-refractivity contribution is -0.142.